The number of hydrogen-bond acceptors (Lipinski definition) is 7. The van der Waals surface area contributed by atoms with Crippen LogP contribution in [0.2, 0.25) is 0 Å². The Morgan fingerprint density at radius 2 is 1.83 bits per heavy atom. The number of carboxylic acids is 1. The number of aliphatic carboxylic acids is 1. The molecule has 0 bridgehead atoms. The maximum Gasteiger partial charge on any atom is 0.381 e. The molecule has 0 fully saturated rings. The van der Waals surface area contributed by atoms with Crippen molar-refractivity contribution in [3.63, 3.8) is 0 Å². The number of carbonyl (C=O) groups is 3. The van der Waals surface area contributed by atoms with E-state index in [1.165, 1.54) is 6.92 Å². The van der Waals surface area contributed by atoms with Gasteiger partial charge in [-0.2, -0.15) is 0 Å². The Kier molecular flexibility index (Phi) is 5.35. The van der Waals surface area contributed by atoms with Gasteiger partial charge in [0.05, 0.1) is 6.10 Å². The molecule has 6 N–H and O–H groups in total. The predicted molar refractivity (Wildman–Crippen MR) is 74.5 cm³/mol. The van der Waals surface area contributed by atoms with E-state index < -0.39 is 47.2 Å². The lowest BCUT2D eigenvalue weighted by atomic mass is 10.0. The van der Waals surface area contributed by atoms with Gasteiger partial charge in [0.15, 0.2) is 5.76 Å². The minimum absolute atomic E-state index is 0.372. The van der Waals surface area contributed by atoms with E-state index in [-0.39, 0.29) is 5.70 Å². The molecule has 23 heavy (non-hydrogen) atoms. The zero-order chi connectivity index (χ0) is 17.9. The Morgan fingerprint density at radius 3 is 2.22 bits per heavy atom. The van der Waals surface area contributed by atoms with Crippen molar-refractivity contribution in [2.45, 2.75) is 38.7 Å². The maximum atomic E-state index is 11.3. The zero-order valence-electron chi connectivity index (χ0n) is 12.7. The van der Waals surface area contributed by atoms with Crippen LogP contribution in [-0.4, -0.2) is 56.1 Å². The van der Waals surface area contributed by atoms with Gasteiger partial charge in [-0.25, -0.2) is 4.79 Å². The molecule has 1 heterocycles. The van der Waals surface area contributed by atoms with Gasteiger partial charge in [0.1, 0.15) is 17.5 Å². The monoisotopic (exact) mass is 330 g/mol. The topological polar surface area (TPSA) is 165 Å². The molecular formula is C13H18N2O8. The fourth-order valence-electron chi connectivity index (χ4n) is 1.88. The van der Waals surface area contributed by atoms with E-state index in [4.69, 9.17) is 9.84 Å². The summed E-state index contributed by atoms with van der Waals surface area (Å²) in [6.45, 7) is 3.51. The third-order valence-corrected chi connectivity index (χ3v) is 2.83. The highest BCUT2D eigenvalue weighted by Crippen LogP contribution is 2.30. The molecule has 0 spiro atoms. The van der Waals surface area contributed by atoms with Gasteiger partial charge in [-0.05, 0) is 6.92 Å². The van der Waals surface area contributed by atoms with Crippen molar-refractivity contribution in [1.29, 1.82) is 0 Å². The van der Waals surface area contributed by atoms with Gasteiger partial charge in [-0.15, -0.1) is 0 Å². The average Bonchev–Trinajstić information content (AvgIpc) is 2.38. The van der Waals surface area contributed by atoms with E-state index in [1.807, 2.05) is 0 Å². The van der Waals surface area contributed by atoms with E-state index in [0.717, 1.165) is 13.8 Å². The molecule has 10 heteroatoms. The summed E-state index contributed by atoms with van der Waals surface area (Å²) in [5.74, 6) is -7.28. The number of hydrogen-bond donors (Lipinski definition) is 6. The number of carboxylic acid groups (broad SMARTS) is 1. The fourth-order valence-corrected chi connectivity index (χ4v) is 1.88. The summed E-state index contributed by atoms with van der Waals surface area (Å²) in [6, 6.07) is -1.32. The molecule has 0 aromatic rings. The lowest BCUT2D eigenvalue weighted by Gasteiger charge is -2.34. The number of amides is 2. The SMILES string of the molecule is CC(=O)NC1=C([C@@H](NC(C)=O)[C@H](C)O)O[C@](O)(C(=O)O)C=C1O. The molecule has 10 nitrogen and oxygen atoms in total. The average molecular weight is 330 g/mol. The molecule has 0 aliphatic carbocycles. The normalized spacial score (nSPS) is 23.3. The molecule has 128 valence electrons. The fraction of sp³-hybridized carbons (Fsp3) is 0.462. The predicted octanol–water partition coefficient (Wildman–Crippen LogP) is -1.54. The number of aliphatic hydroxyl groups excluding tert-OH is 2. The highest BCUT2D eigenvalue weighted by atomic mass is 16.7. The second-order valence-corrected chi connectivity index (χ2v) is 4.97. The van der Waals surface area contributed by atoms with Crippen molar-refractivity contribution >= 4 is 17.8 Å². The second-order valence-electron chi connectivity index (χ2n) is 4.97. The van der Waals surface area contributed by atoms with Crippen LogP contribution in [0.25, 0.3) is 0 Å². The van der Waals surface area contributed by atoms with Gasteiger partial charge in [0.2, 0.25) is 11.8 Å². The first kappa shape index (κ1) is 18.5. The molecule has 0 saturated heterocycles. The summed E-state index contributed by atoms with van der Waals surface area (Å²) in [6.07, 6.45) is -0.821. The molecule has 0 radical (unpaired) electrons. The summed E-state index contributed by atoms with van der Waals surface area (Å²) in [5.41, 5.74) is -0.372. The van der Waals surface area contributed by atoms with Crippen LogP contribution in [-0.2, 0) is 19.1 Å². The number of ether oxygens (including phenoxy) is 1. The van der Waals surface area contributed by atoms with Crippen molar-refractivity contribution in [2.24, 2.45) is 0 Å². The molecule has 0 aromatic carbocycles. The molecule has 1 rings (SSSR count). The van der Waals surface area contributed by atoms with Crippen LogP contribution < -0.4 is 10.6 Å². The Morgan fingerprint density at radius 1 is 1.26 bits per heavy atom. The molecular weight excluding hydrogens is 312 g/mol. The third-order valence-electron chi connectivity index (χ3n) is 2.83. The summed E-state index contributed by atoms with van der Waals surface area (Å²) in [5, 5.41) is 43.1. The van der Waals surface area contributed by atoms with Gasteiger partial charge in [-0.1, -0.05) is 0 Å². The van der Waals surface area contributed by atoms with E-state index in [2.05, 4.69) is 10.6 Å². The van der Waals surface area contributed by atoms with E-state index in [9.17, 15) is 29.7 Å². The van der Waals surface area contributed by atoms with Crippen molar-refractivity contribution in [3.8, 4) is 0 Å². The van der Waals surface area contributed by atoms with Gasteiger partial charge in [0, 0.05) is 19.9 Å². The highest BCUT2D eigenvalue weighted by Gasteiger charge is 2.45. The van der Waals surface area contributed by atoms with E-state index in [1.54, 1.807) is 0 Å². The zero-order valence-corrected chi connectivity index (χ0v) is 12.7. The molecule has 0 saturated carbocycles. The summed E-state index contributed by atoms with van der Waals surface area (Å²) < 4.78 is 4.95. The minimum atomic E-state index is -2.92. The molecule has 1 aliphatic rings. The first-order valence-electron chi connectivity index (χ1n) is 6.52. The van der Waals surface area contributed by atoms with Crippen LogP contribution in [0.3, 0.4) is 0 Å². The second kappa shape index (κ2) is 6.67. The van der Waals surface area contributed by atoms with Gasteiger partial charge in [-0.3, -0.25) is 9.59 Å². The molecule has 1 aliphatic heterocycles. The molecule has 0 unspecified atom stereocenters. The summed E-state index contributed by atoms with van der Waals surface area (Å²) in [4.78, 5) is 33.6. The van der Waals surface area contributed by atoms with Crippen LogP contribution in [0.1, 0.15) is 20.8 Å². The quantitative estimate of drug-likeness (QED) is 0.353. The lowest BCUT2D eigenvalue weighted by Crippen LogP contribution is -2.51. The smallest absolute Gasteiger partial charge is 0.381 e. The molecule has 0 aromatic heterocycles. The summed E-state index contributed by atoms with van der Waals surface area (Å²) in [7, 11) is 0. The summed E-state index contributed by atoms with van der Waals surface area (Å²) >= 11 is 0. The number of rotatable bonds is 5. The van der Waals surface area contributed by atoms with Crippen LogP contribution in [0.5, 0.6) is 0 Å². The largest absolute Gasteiger partial charge is 0.506 e. The Hall–Kier alpha value is -2.59. The maximum absolute atomic E-state index is 11.3. The minimum Gasteiger partial charge on any atom is -0.506 e. The van der Waals surface area contributed by atoms with Crippen LogP contribution >= 0.6 is 0 Å². The molecule has 3 atom stereocenters. The number of carbonyl (C=O) groups excluding carboxylic acids is 2. The van der Waals surface area contributed by atoms with Crippen molar-refractivity contribution in [1.82, 2.24) is 10.6 Å². The van der Waals surface area contributed by atoms with E-state index in [0.29, 0.717) is 6.08 Å². The van der Waals surface area contributed by atoms with Crippen LogP contribution in [0.4, 0.5) is 0 Å². The Bertz CT molecular complexity index is 595. The molecule has 2 amide bonds. The highest BCUT2D eigenvalue weighted by molar-refractivity contribution is 5.80. The first-order chi connectivity index (χ1) is 10.5. The van der Waals surface area contributed by atoms with Crippen molar-refractivity contribution in [2.75, 3.05) is 0 Å². The van der Waals surface area contributed by atoms with Crippen LogP contribution in [0.15, 0.2) is 23.3 Å². The van der Waals surface area contributed by atoms with Crippen molar-refractivity contribution in [3.05, 3.63) is 23.3 Å². The number of aliphatic hydroxyl groups is 3. The third kappa shape index (κ3) is 4.20. The van der Waals surface area contributed by atoms with Gasteiger partial charge >= 0.3 is 11.8 Å². The van der Waals surface area contributed by atoms with Gasteiger partial charge < -0.3 is 35.8 Å². The Balaban J connectivity index is 3.46. The van der Waals surface area contributed by atoms with Gasteiger partial charge in [0.25, 0.3) is 0 Å². The standard InChI is InChI=1S/C13H18N2O8/c1-5(16)9(14-6(2)17)11-10(15-7(3)18)8(19)4-13(22,23-11)12(20)21/h4-5,9,16,19,22H,1-3H3,(H,14,17)(H,15,18)(H,20,21)/t5-,9-,13-/m0/s1. The van der Waals surface area contributed by atoms with E-state index >= 15 is 0 Å². The Labute approximate surface area is 131 Å². The van der Waals surface area contributed by atoms with Crippen molar-refractivity contribution < 1.29 is 39.5 Å². The van der Waals surface area contributed by atoms with Crippen LogP contribution in [0, 0.1) is 0 Å². The first-order valence-corrected chi connectivity index (χ1v) is 6.52. The lowest BCUT2D eigenvalue weighted by molar-refractivity contribution is -0.197. The number of nitrogens with one attached hydrogen (secondary N) is 2.